The number of hydrogen-bond acceptors (Lipinski definition) is 7. The van der Waals surface area contributed by atoms with Crippen molar-refractivity contribution in [3.8, 4) is 17.0 Å². The molecule has 1 N–H and O–H groups in total. The lowest BCUT2D eigenvalue weighted by molar-refractivity contribution is 0.178. The maximum absolute atomic E-state index is 14.8. The number of anilines is 2. The van der Waals surface area contributed by atoms with Crippen molar-refractivity contribution in [3.63, 3.8) is 0 Å². The fraction of sp³-hybridized carbons (Fsp3) is 0.481. The lowest BCUT2D eigenvalue weighted by atomic mass is 9.89. The summed E-state index contributed by atoms with van der Waals surface area (Å²) in [5.74, 6) is 1.98. The lowest BCUT2D eigenvalue weighted by Gasteiger charge is -2.31. The topological polar surface area (TPSA) is 65.0 Å². The number of fused-ring (bicyclic) bond motifs is 2. The Balaban J connectivity index is 1.39. The highest BCUT2D eigenvalue weighted by Gasteiger charge is 2.37. The van der Waals surface area contributed by atoms with Gasteiger partial charge < -0.3 is 24.5 Å². The fourth-order valence-electron chi connectivity index (χ4n) is 6.00. The van der Waals surface area contributed by atoms with Gasteiger partial charge in [-0.15, -0.1) is 0 Å². The zero-order valence-corrected chi connectivity index (χ0v) is 20.3. The third-order valence-electron chi connectivity index (χ3n) is 7.94. The van der Waals surface area contributed by atoms with Gasteiger partial charge in [-0.3, -0.25) is 0 Å². The van der Waals surface area contributed by atoms with Gasteiger partial charge in [-0.1, -0.05) is 0 Å². The van der Waals surface area contributed by atoms with Gasteiger partial charge in [0.1, 0.15) is 5.82 Å². The Morgan fingerprint density at radius 3 is 2.60 bits per heavy atom. The quantitative estimate of drug-likeness (QED) is 0.618. The molecule has 3 saturated heterocycles. The minimum absolute atomic E-state index is 0.200. The number of aromatic nitrogens is 2. The first-order valence-corrected chi connectivity index (χ1v) is 12.5. The summed E-state index contributed by atoms with van der Waals surface area (Å²) < 4.78 is 20.0. The van der Waals surface area contributed by atoms with Gasteiger partial charge in [-0.2, -0.15) is 0 Å². The number of aliphatic hydroxyl groups is 1. The number of piperidine rings is 1. The van der Waals surface area contributed by atoms with Gasteiger partial charge in [0.05, 0.1) is 24.4 Å². The summed E-state index contributed by atoms with van der Waals surface area (Å²) in [6.07, 6.45) is 3.52. The monoisotopic (exact) mass is 477 g/mol. The van der Waals surface area contributed by atoms with Gasteiger partial charge in [0.2, 0.25) is 0 Å². The van der Waals surface area contributed by atoms with E-state index in [-0.39, 0.29) is 17.7 Å². The van der Waals surface area contributed by atoms with Crippen LogP contribution >= 0.6 is 0 Å². The Hall–Kier alpha value is -2.97. The lowest BCUT2D eigenvalue weighted by Crippen LogP contribution is -2.37. The number of aliphatic hydroxyl groups excluding tert-OH is 1. The molecular formula is C27H32FN5O2. The number of likely N-dealkylation sites (tertiary alicyclic amines) is 1. The molecule has 3 fully saturated rings. The average molecular weight is 478 g/mol. The van der Waals surface area contributed by atoms with E-state index in [4.69, 9.17) is 9.72 Å². The molecule has 0 spiro atoms. The van der Waals surface area contributed by atoms with Crippen molar-refractivity contribution in [2.75, 3.05) is 63.2 Å². The van der Waals surface area contributed by atoms with E-state index in [0.29, 0.717) is 18.4 Å². The molecule has 3 atom stereocenters. The van der Waals surface area contributed by atoms with Crippen LogP contribution in [0.25, 0.3) is 22.2 Å². The van der Waals surface area contributed by atoms with E-state index >= 15 is 0 Å². The summed E-state index contributed by atoms with van der Waals surface area (Å²) >= 11 is 0. The third kappa shape index (κ3) is 4.19. The van der Waals surface area contributed by atoms with E-state index in [2.05, 4.69) is 32.8 Å². The Bertz CT molecular complexity index is 1240. The first kappa shape index (κ1) is 22.5. The Labute approximate surface area is 205 Å². The van der Waals surface area contributed by atoms with Crippen molar-refractivity contribution in [1.29, 1.82) is 0 Å². The van der Waals surface area contributed by atoms with Crippen molar-refractivity contribution < 1.29 is 14.2 Å². The summed E-state index contributed by atoms with van der Waals surface area (Å²) in [4.78, 5) is 16.5. The van der Waals surface area contributed by atoms with E-state index in [9.17, 15) is 9.50 Å². The van der Waals surface area contributed by atoms with Crippen LogP contribution in [0.1, 0.15) is 12.8 Å². The van der Waals surface area contributed by atoms with Crippen LogP contribution in [0.2, 0.25) is 0 Å². The van der Waals surface area contributed by atoms with Gasteiger partial charge in [0, 0.05) is 61.6 Å². The molecule has 6 rings (SSSR count). The van der Waals surface area contributed by atoms with E-state index in [1.165, 1.54) is 13.5 Å². The van der Waals surface area contributed by atoms with Crippen molar-refractivity contribution >= 4 is 22.4 Å². The maximum atomic E-state index is 14.8. The predicted molar refractivity (Wildman–Crippen MR) is 136 cm³/mol. The van der Waals surface area contributed by atoms with Gasteiger partial charge >= 0.3 is 0 Å². The minimum atomic E-state index is -0.369. The zero-order chi connectivity index (χ0) is 24.1. The van der Waals surface area contributed by atoms with Gasteiger partial charge in [-0.25, -0.2) is 14.4 Å². The smallest absolute Gasteiger partial charge is 0.165 e. The van der Waals surface area contributed by atoms with E-state index < -0.39 is 0 Å². The molecule has 184 valence electrons. The summed E-state index contributed by atoms with van der Waals surface area (Å²) in [6.45, 7) is 5.62. The number of ether oxygens (including phenoxy) is 1. The van der Waals surface area contributed by atoms with Crippen LogP contribution in [0.5, 0.6) is 5.75 Å². The SMILES string of the molecule is COc1cc2nc(-c3ccc(N4CCC(O)C4)nc3)cc(N3CC4CCN(C)CC4C3)c2cc1F. The summed E-state index contributed by atoms with van der Waals surface area (Å²) in [5.41, 5.74) is 3.47. The Kier molecular flexibility index (Phi) is 5.73. The van der Waals surface area contributed by atoms with Crippen LogP contribution in [0, 0.1) is 17.7 Å². The summed E-state index contributed by atoms with van der Waals surface area (Å²) in [6, 6.07) is 9.37. The number of hydrogen-bond donors (Lipinski definition) is 1. The molecule has 0 radical (unpaired) electrons. The number of benzene rings is 1. The van der Waals surface area contributed by atoms with Crippen LogP contribution in [-0.4, -0.2) is 79.5 Å². The molecule has 8 heteroatoms. The van der Waals surface area contributed by atoms with Crippen LogP contribution in [0.3, 0.4) is 0 Å². The molecule has 3 unspecified atom stereocenters. The molecule has 0 saturated carbocycles. The van der Waals surface area contributed by atoms with E-state index in [1.54, 1.807) is 12.1 Å². The molecule has 5 heterocycles. The molecule has 0 amide bonds. The van der Waals surface area contributed by atoms with Crippen LogP contribution in [0.15, 0.2) is 36.5 Å². The van der Waals surface area contributed by atoms with Gasteiger partial charge in [0.25, 0.3) is 0 Å². The number of methoxy groups -OCH3 is 1. The largest absolute Gasteiger partial charge is 0.494 e. The molecule has 3 aliphatic heterocycles. The molecule has 3 aliphatic rings. The molecule has 35 heavy (non-hydrogen) atoms. The first-order chi connectivity index (χ1) is 17.0. The van der Waals surface area contributed by atoms with Crippen molar-refractivity contribution in [1.82, 2.24) is 14.9 Å². The molecule has 2 aromatic heterocycles. The summed E-state index contributed by atoms with van der Waals surface area (Å²) in [7, 11) is 3.68. The summed E-state index contributed by atoms with van der Waals surface area (Å²) in [5, 5.41) is 10.7. The minimum Gasteiger partial charge on any atom is -0.494 e. The zero-order valence-electron chi connectivity index (χ0n) is 20.3. The number of nitrogens with zero attached hydrogens (tertiary/aromatic N) is 5. The van der Waals surface area contributed by atoms with E-state index in [0.717, 1.165) is 72.8 Å². The Morgan fingerprint density at radius 1 is 1.00 bits per heavy atom. The van der Waals surface area contributed by atoms with E-state index in [1.807, 2.05) is 18.3 Å². The molecule has 1 aromatic carbocycles. The molecule has 3 aromatic rings. The van der Waals surface area contributed by atoms with Crippen molar-refractivity contribution in [2.45, 2.75) is 18.9 Å². The number of rotatable bonds is 4. The molecule has 0 aliphatic carbocycles. The van der Waals surface area contributed by atoms with Crippen LogP contribution in [-0.2, 0) is 0 Å². The van der Waals surface area contributed by atoms with Crippen molar-refractivity contribution in [2.24, 2.45) is 11.8 Å². The standard InChI is InChI=1S/C27H32FN5O2/c1-31-7-5-18-14-33(15-19(18)13-31)25-10-23(30-24-11-26(35-2)22(28)9-21(24)25)17-3-4-27(29-12-17)32-8-6-20(34)16-32/h3-4,9-12,18-20,34H,5-8,13-16H2,1-2H3. The molecule has 7 nitrogen and oxygen atoms in total. The number of halogens is 1. The second kappa shape index (κ2) is 8.91. The highest BCUT2D eigenvalue weighted by molar-refractivity contribution is 5.95. The molecular weight excluding hydrogens is 445 g/mol. The second-order valence-corrected chi connectivity index (χ2v) is 10.3. The highest BCUT2D eigenvalue weighted by atomic mass is 19.1. The molecule has 0 bridgehead atoms. The number of pyridine rings is 2. The van der Waals surface area contributed by atoms with Crippen LogP contribution < -0.4 is 14.5 Å². The predicted octanol–water partition coefficient (Wildman–Crippen LogP) is 3.40. The average Bonchev–Trinajstić information content (AvgIpc) is 3.49. The highest BCUT2D eigenvalue weighted by Crippen LogP contribution is 2.39. The third-order valence-corrected chi connectivity index (χ3v) is 7.94. The first-order valence-electron chi connectivity index (χ1n) is 12.5. The second-order valence-electron chi connectivity index (χ2n) is 10.3. The van der Waals surface area contributed by atoms with Gasteiger partial charge in [0.15, 0.2) is 11.6 Å². The fourth-order valence-corrected chi connectivity index (χ4v) is 6.00. The Morgan fingerprint density at radius 2 is 1.86 bits per heavy atom. The van der Waals surface area contributed by atoms with Crippen molar-refractivity contribution in [3.05, 3.63) is 42.3 Å². The van der Waals surface area contributed by atoms with Crippen LogP contribution in [0.4, 0.5) is 15.9 Å². The normalized spacial score (nSPS) is 24.9. The van der Waals surface area contributed by atoms with Gasteiger partial charge in [-0.05, 0) is 62.5 Å². The maximum Gasteiger partial charge on any atom is 0.165 e. The number of β-amino-alcohol motifs (C(OH)–C–C–N with tert-alkyl or cyclic N) is 1.